The van der Waals surface area contributed by atoms with E-state index < -0.39 is 10.0 Å². The SMILES string of the molecule is O=S(=O)(c1ccc(Cl)c(Cl)c1)N1CCN(c2ccc(-c3ccc4ccccc4c3)nn2)CC1. The summed E-state index contributed by atoms with van der Waals surface area (Å²) in [4.78, 5) is 2.18. The van der Waals surface area contributed by atoms with E-state index in [1.807, 2.05) is 35.2 Å². The number of fused-ring (bicyclic) bond motifs is 1. The number of sulfonamides is 1. The van der Waals surface area contributed by atoms with Gasteiger partial charge in [0.1, 0.15) is 0 Å². The van der Waals surface area contributed by atoms with Crippen LogP contribution in [0.1, 0.15) is 0 Å². The van der Waals surface area contributed by atoms with Gasteiger partial charge in [0, 0.05) is 31.7 Å². The van der Waals surface area contributed by atoms with Gasteiger partial charge in [0.05, 0.1) is 20.6 Å². The van der Waals surface area contributed by atoms with E-state index in [0.717, 1.165) is 22.5 Å². The molecule has 0 bridgehead atoms. The van der Waals surface area contributed by atoms with Crippen LogP contribution in [0.4, 0.5) is 5.82 Å². The summed E-state index contributed by atoms with van der Waals surface area (Å²) < 4.78 is 27.4. The molecule has 1 aliphatic rings. The van der Waals surface area contributed by atoms with Gasteiger partial charge in [-0.05, 0) is 47.2 Å². The highest BCUT2D eigenvalue weighted by Gasteiger charge is 2.29. The maximum atomic E-state index is 13.0. The molecule has 33 heavy (non-hydrogen) atoms. The molecule has 0 radical (unpaired) electrons. The second-order valence-electron chi connectivity index (χ2n) is 7.81. The van der Waals surface area contributed by atoms with Gasteiger partial charge in [-0.1, -0.05) is 59.6 Å². The first-order valence-corrected chi connectivity index (χ1v) is 12.6. The van der Waals surface area contributed by atoms with Gasteiger partial charge in [0.15, 0.2) is 5.82 Å². The van der Waals surface area contributed by atoms with Crippen LogP contribution in [0.5, 0.6) is 0 Å². The summed E-state index contributed by atoms with van der Waals surface area (Å²) in [6.07, 6.45) is 0. The molecule has 0 aliphatic carbocycles. The fourth-order valence-electron chi connectivity index (χ4n) is 3.94. The van der Waals surface area contributed by atoms with Crippen LogP contribution < -0.4 is 4.90 Å². The topological polar surface area (TPSA) is 66.4 Å². The molecule has 0 amide bonds. The third-order valence-corrected chi connectivity index (χ3v) is 8.42. The van der Waals surface area contributed by atoms with Crippen LogP contribution in [0, 0.1) is 0 Å². The summed E-state index contributed by atoms with van der Waals surface area (Å²) in [6.45, 7) is 1.72. The molecule has 0 N–H and O–H groups in total. The lowest BCUT2D eigenvalue weighted by molar-refractivity contribution is 0.383. The molecule has 0 spiro atoms. The highest BCUT2D eigenvalue weighted by molar-refractivity contribution is 7.89. The second-order valence-corrected chi connectivity index (χ2v) is 10.6. The molecule has 0 atom stereocenters. The number of halogens is 2. The predicted octanol–water partition coefficient (Wildman–Crippen LogP) is 5.11. The van der Waals surface area contributed by atoms with Gasteiger partial charge < -0.3 is 4.90 Å². The molecule has 0 unspecified atom stereocenters. The van der Waals surface area contributed by atoms with Crippen molar-refractivity contribution in [3.8, 4) is 11.3 Å². The third kappa shape index (κ3) is 4.42. The van der Waals surface area contributed by atoms with E-state index in [1.54, 1.807) is 0 Å². The highest BCUT2D eigenvalue weighted by Crippen LogP contribution is 2.28. The van der Waals surface area contributed by atoms with Crippen LogP contribution >= 0.6 is 23.2 Å². The number of benzene rings is 3. The van der Waals surface area contributed by atoms with Crippen molar-refractivity contribution >= 4 is 49.8 Å². The summed E-state index contributed by atoms with van der Waals surface area (Å²) in [6, 6.07) is 22.7. The van der Waals surface area contributed by atoms with Crippen LogP contribution in [0.25, 0.3) is 22.0 Å². The van der Waals surface area contributed by atoms with Gasteiger partial charge in [0.25, 0.3) is 0 Å². The van der Waals surface area contributed by atoms with E-state index in [0.29, 0.717) is 31.2 Å². The maximum Gasteiger partial charge on any atom is 0.243 e. The number of piperazine rings is 1. The second kappa shape index (κ2) is 8.91. The highest BCUT2D eigenvalue weighted by atomic mass is 35.5. The average Bonchev–Trinajstić information content (AvgIpc) is 2.85. The van der Waals surface area contributed by atoms with E-state index in [4.69, 9.17) is 23.2 Å². The van der Waals surface area contributed by atoms with E-state index in [1.165, 1.54) is 27.9 Å². The molecule has 5 rings (SSSR count). The van der Waals surface area contributed by atoms with Crippen molar-refractivity contribution < 1.29 is 8.42 Å². The largest absolute Gasteiger partial charge is 0.352 e. The lowest BCUT2D eigenvalue weighted by Gasteiger charge is -2.34. The Bertz CT molecular complexity index is 1420. The van der Waals surface area contributed by atoms with Crippen LogP contribution in [-0.2, 0) is 10.0 Å². The van der Waals surface area contributed by atoms with E-state index >= 15 is 0 Å². The van der Waals surface area contributed by atoms with Gasteiger partial charge in [0.2, 0.25) is 10.0 Å². The first-order chi connectivity index (χ1) is 15.9. The van der Waals surface area contributed by atoms with Crippen molar-refractivity contribution in [2.45, 2.75) is 4.90 Å². The monoisotopic (exact) mass is 498 g/mol. The Morgan fingerprint density at radius 2 is 1.48 bits per heavy atom. The molecule has 6 nitrogen and oxygen atoms in total. The Morgan fingerprint density at radius 1 is 0.727 bits per heavy atom. The summed E-state index contributed by atoms with van der Waals surface area (Å²) in [5.74, 6) is 0.728. The van der Waals surface area contributed by atoms with Gasteiger partial charge >= 0.3 is 0 Å². The fraction of sp³-hybridized carbons (Fsp3) is 0.167. The quantitative estimate of drug-likeness (QED) is 0.390. The summed E-state index contributed by atoms with van der Waals surface area (Å²) >= 11 is 11.9. The molecule has 2 heterocycles. The molecular formula is C24H20Cl2N4O2S. The average molecular weight is 499 g/mol. The molecule has 0 saturated carbocycles. The normalized spacial score (nSPS) is 15.2. The Hall–Kier alpha value is -2.71. The van der Waals surface area contributed by atoms with Crippen molar-refractivity contribution in [1.82, 2.24) is 14.5 Å². The van der Waals surface area contributed by atoms with Gasteiger partial charge in [-0.15, -0.1) is 10.2 Å². The van der Waals surface area contributed by atoms with Crippen LogP contribution in [0.3, 0.4) is 0 Å². The molecule has 1 fully saturated rings. The number of hydrogen-bond donors (Lipinski definition) is 0. The maximum absolute atomic E-state index is 13.0. The number of aromatic nitrogens is 2. The third-order valence-electron chi connectivity index (χ3n) is 5.79. The van der Waals surface area contributed by atoms with Crippen LogP contribution in [0.2, 0.25) is 10.0 Å². The van der Waals surface area contributed by atoms with E-state index in [9.17, 15) is 8.42 Å². The molecule has 3 aromatic carbocycles. The first kappa shape index (κ1) is 22.1. The Labute approximate surface area is 202 Å². The smallest absolute Gasteiger partial charge is 0.243 e. The van der Waals surface area contributed by atoms with Crippen LogP contribution in [0.15, 0.2) is 77.7 Å². The van der Waals surface area contributed by atoms with Gasteiger partial charge in [-0.3, -0.25) is 0 Å². The lowest BCUT2D eigenvalue weighted by Crippen LogP contribution is -2.49. The molecule has 1 aliphatic heterocycles. The molecular weight excluding hydrogens is 479 g/mol. The fourth-order valence-corrected chi connectivity index (χ4v) is 5.75. The number of hydrogen-bond acceptors (Lipinski definition) is 5. The number of anilines is 1. The van der Waals surface area contributed by atoms with Crippen molar-refractivity contribution in [2.75, 3.05) is 31.1 Å². The number of rotatable bonds is 4. The minimum atomic E-state index is -3.64. The summed E-state index contributed by atoms with van der Waals surface area (Å²) in [7, 11) is -3.64. The Kier molecular flexibility index (Phi) is 5.97. The Morgan fingerprint density at radius 3 is 2.18 bits per heavy atom. The van der Waals surface area contributed by atoms with E-state index in [2.05, 4.69) is 34.5 Å². The van der Waals surface area contributed by atoms with Crippen molar-refractivity contribution in [3.05, 3.63) is 82.8 Å². The van der Waals surface area contributed by atoms with Crippen LogP contribution in [-0.4, -0.2) is 49.1 Å². The molecule has 168 valence electrons. The van der Waals surface area contributed by atoms with Gasteiger partial charge in [-0.25, -0.2) is 8.42 Å². The molecule has 1 saturated heterocycles. The zero-order valence-corrected chi connectivity index (χ0v) is 19.9. The number of nitrogens with zero attached hydrogens (tertiary/aromatic N) is 4. The zero-order chi connectivity index (χ0) is 23.0. The van der Waals surface area contributed by atoms with Crippen molar-refractivity contribution in [3.63, 3.8) is 0 Å². The Balaban J connectivity index is 1.28. The van der Waals surface area contributed by atoms with E-state index in [-0.39, 0.29) is 9.92 Å². The summed E-state index contributed by atoms with van der Waals surface area (Å²) in [5.41, 5.74) is 1.80. The minimum Gasteiger partial charge on any atom is -0.352 e. The molecule has 1 aromatic heterocycles. The zero-order valence-electron chi connectivity index (χ0n) is 17.5. The van der Waals surface area contributed by atoms with Crippen molar-refractivity contribution in [1.29, 1.82) is 0 Å². The lowest BCUT2D eigenvalue weighted by atomic mass is 10.1. The standard InChI is InChI=1S/C24H20Cl2N4O2S/c25-21-8-7-20(16-22(21)26)33(31,32)30-13-11-29(12-14-30)24-10-9-23(27-28-24)19-6-5-17-3-1-2-4-18(17)15-19/h1-10,15-16H,11-14H2. The molecule has 4 aromatic rings. The molecule has 9 heteroatoms. The minimum absolute atomic E-state index is 0.143. The summed E-state index contributed by atoms with van der Waals surface area (Å²) in [5, 5.41) is 11.7. The first-order valence-electron chi connectivity index (χ1n) is 10.4. The van der Waals surface area contributed by atoms with Crippen molar-refractivity contribution in [2.24, 2.45) is 0 Å². The van der Waals surface area contributed by atoms with Gasteiger partial charge in [-0.2, -0.15) is 4.31 Å². The predicted molar refractivity (Wildman–Crippen MR) is 132 cm³/mol.